The highest BCUT2D eigenvalue weighted by Crippen LogP contribution is 2.21. The summed E-state index contributed by atoms with van der Waals surface area (Å²) in [7, 11) is 0. The fourth-order valence-electron chi connectivity index (χ4n) is 1.81. The van der Waals surface area contributed by atoms with Crippen LogP contribution in [-0.4, -0.2) is 12.5 Å². The van der Waals surface area contributed by atoms with Gasteiger partial charge in [-0.2, -0.15) is 0 Å². The molecule has 0 bridgehead atoms. The molecule has 0 saturated carbocycles. The zero-order chi connectivity index (χ0) is 15.4. The number of anilines is 1. The summed E-state index contributed by atoms with van der Waals surface area (Å²) in [4.78, 5) is 11.9. The Morgan fingerprint density at radius 1 is 1.19 bits per heavy atom. The zero-order valence-corrected chi connectivity index (χ0v) is 14.7. The molecule has 3 nitrogen and oxygen atoms in total. The Bertz CT molecular complexity index is 673. The van der Waals surface area contributed by atoms with E-state index in [4.69, 9.17) is 16.3 Å². The second kappa shape index (κ2) is 7.13. The highest BCUT2D eigenvalue weighted by molar-refractivity contribution is 14.1. The van der Waals surface area contributed by atoms with Crippen LogP contribution < -0.4 is 10.1 Å². The molecule has 0 saturated heterocycles. The third-order valence-corrected chi connectivity index (χ3v) is 4.06. The van der Waals surface area contributed by atoms with Crippen molar-refractivity contribution in [2.24, 2.45) is 0 Å². The van der Waals surface area contributed by atoms with Crippen LogP contribution in [-0.2, 0) is 4.79 Å². The maximum atomic E-state index is 11.9. The minimum absolute atomic E-state index is 0.0352. The van der Waals surface area contributed by atoms with Crippen molar-refractivity contribution < 1.29 is 9.53 Å². The zero-order valence-electron chi connectivity index (χ0n) is 11.7. The van der Waals surface area contributed by atoms with Crippen LogP contribution >= 0.6 is 34.2 Å². The van der Waals surface area contributed by atoms with Gasteiger partial charge in [0, 0.05) is 14.3 Å². The van der Waals surface area contributed by atoms with Crippen molar-refractivity contribution in [3.05, 3.63) is 56.1 Å². The lowest BCUT2D eigenvalue weighted by molar-refractivity contribution is -0.118. The van der Waals surface area contributed by atoms with Gasteiger partial charge in [0.25, 0.3) is 5.91 Å². The average molecular weight is 416 g/mol. The number of carbonyl (C=O) groups excluding carboxylic acids is 1. The lowest BCUT2D eigenvalue weighted by Crippen LogP contribution is -2.20. The molecule has 0 aliphatic carbocycles. The first-order valence-electron chi connectivity index (χ1n) is 6.40. The Balaban J connectivity index is 1.94. The molecule has 0 atom stereocenters. The molecular weight excluding hydrogens is 401 g/mol. The van der Waals surface area contributed by atoms with Crippen molar-refractivity contribution in [3.8, 4) is 5.75 Å². The molecule has 1 N–H and O–H groups in total. The molecule has 2 rings (SSSR count). The number of aryl methyl sites for hydroxylation is 2. The summed E-state index contributed by atoms with van der Waals surface area (Å²) in [6, 6.07) is 11.2. The topological polar surface area (TPSA) is 38.3 Å². The Labute approximate surface area is 142 Å². The van der Waals surface area contributed by atoms with E-state index in [2.05, 4.69) is 27.9 Å². The molecule has 1 amide bonds. The Kier molecular flexibility index (Phi) is 5.47. The predicted molar refractivity (Wildman–Crippen MR) is 94.2 cm³/mol. The second-order valence-corrected chi connectivity index (χ2v) is 6.36. The van der Waals surface area contributed by atoms with Gasteiger partial charge in [0.15, 0.2) is 6.61 Å². The van der Waals surface area contributed by atoms with Crippen molar-refractivity contribution in [2.75, 3.05) is 11.9 Å². The summed E-state index contributed by atoms with van der Waals surface area (Å²) in [6.45, 7) is 3.82. The van der Waals surface area contributed by atoms with Crippen LogP contribution in [0.5, 0.6) is 5.75 Å². The number of hydrogen-bond donors (Lipinski definition) is 1. The quantitative estimate of drug-likeness (QED) is 0.743. The summed E-state index contributed by atoms with van der Waals surface area (Å²) >= 11 is 8.18. The Morgan fingerprint density at radius 2 is 1.95 bits per heavy atom. The fraction of sp³-hybridized carbons (Fsp3) is 0.188. The smallest absolute Gasteiger partial charge is 0.262 e. The van der Waals surface area contributed by atoms with Gasteiger partial charge in [0.1, 0.15) is 5.75 Å². The molecule has 0 aliphatic heterocycles. The molecule has 0 heterocycles. The molecule has 0 aromatic heterocycles. The third-order valence-electron chi connectivity index (χ3n) is 2.96. The highest BCUT2D eigenvalue weighted by Gasteiger charge is 2.07. The first-order valence-corrected chi connectivity index (χ1v) is 7.86. The van der Waals surface area contributed by atoms with Gasteiger partial charge in [-0.1, -0.05) is 11.6 Å². The first-order chi connectivity index (χ1) is 9.95. The van der Waals surface area contributed by atoms with E-state index in [1.54, 1.807) is 12.1 Å². The SMILES string of the molecule is Cc1cc(OCC(=O)Nc2ccc(I)cc2C)ccc1Cl. The Hall–Kier alpha value is -1.27. The van der Waals surface area contributed by atoms with Gasteiger partial charge >= 0.3 is 0 Å². The van der Waals surface area contributed by atoms with Gasteiger partial charge in [0.2, 0.25) is 0 Å². The van der Waals surface area contributed by atoms with Gasteiger partial charge in [-0.15, -0.1) is 0 Å². The molecule has 0 fully saturated rings. The second-order valence-electron chi connectivity index (χ2n) is 4.71. The number of hydrogen-bond acceptors (Lipinski definition) is 2. The van der Waals surface area contributed by atoms with Gasteiger partial charge < -0.3 is 10.1 Å². The third kappa shape index (κ3) is 4.61. The largest absolute Gasteiger partial charge is 0.484 e. The van der Waals surface area contributed by atoms with Gasteiger partial charge in [0.05, 0.1) is 0 Å². The van der Waals surface area contributed by atoms with Crippen LogP contribution in [0.25, 0.3) is 0 Å². The van der Waals surface area contributed by atoms with E-state index in [0.717, 1.165) is 20.4 Å². The molecule has 2 aromatic rings. The van der Waals surface area contributed by atoms with Crippen molar-refractivity contribution >= 4 is 45.8 Å². The molecule has 5 heteroatoms. The monoisotopic (exact) mass is 415 g/mol. The maximum Gasteiger partial charge on any atom is 0.262 e. The maximum absolute atomic E-state index is 11.9. The van der Waals surface area contributed by atoms with Crippen LogP contribution in [0, 0.1) is 17.4 Å². The number of ether oxygens (including phenoxy) is 1. The minimum atomic E-state index is -0.188. The standard InChI is InChI=1S/C16H15ClINO2/c1-10-8-13(4-5-14(10)17)21-9-16(20)19-15-6-3-12(18)7-11(15)2/h3-8H,9H2,1-2H3,(H,19,20). The molecule has 110 valence electrons. The van der Waals surface area contributed by atoms with E-state index in [-0.39, 0.29) is 12.5 Å². The normalized spacial score (nSPS) is 10.3. The molecule has 0 aliphatic rings. The van der Waals surface area contributed by atoms with Gasteiger partial charge in [-0.05, 0) is 84.0 Å². The van der Waals surface area contributed by atoms with E-state index in [1.807, 2.05) is 38.1 Å². The van der Waals surface area contributed by atoms with Gasteiger partial charge in [-0.25, -0.2) is 0 Å². The van der Waals surface area contributed by atoms with E-state index in [1.165, 1.54) is 0 Å². The number of carbonyl (C=O) groups is 1. The predicted octanol–water partition coefficient (Wildman–Crippen LogP) is 4.58. The van der Waals surface area contributed by atoms with Gasteiger partial charge in [-0.3, -0.25) is 4.79 Å². The lowest BCUT2D eigenvalue weighted by Gasteiger charge is -2.10. The molecule has 0 spiro atoms. The molecule has 2 aromatic carbocycles. The van der Waals surface area contributed by atoms with Crippen LogP contribution in [0.4, 0.5) is 5.69 Å². The van der Waals surface area contributed by atoms with Crippen LogP contribution in [0.15, 0.2) is 36.4 Å². The van der Waals surface area contributed by atoms with E-state index in [9.17, 15) is 4.79 Å². The average Bonchev–Trinajstić information content (AvgIpc) is 2.43. The highest BCUT2D eigenvalue weighted by atomic mass is 127. The summed E-state index contributed by atoms with van der Waals surface area (Å²) in [5.74, 6) is 0.443. The Morgan fingerprint density at radius 3 is 2.62 bits per heavy atom. The summed E-state index contributed by atoms with van der Waals surface area (Å²) in [6.07, 6.45) is 0. The minimum Gasteiger partial charge on any atom is -0.484 e. The number of halogens is 2. The van der Waals surface area contributed by atoms with Crippen molar-refractivity contribution in [3.63, 3.8) is 0 Å². The number of rotatable bonds is 4. The molecular formula is C16H15ClINO2. The van der Waals surface area contributed by atoms with Crippen LogP contribution in [0.3, 0.4) is 0 Å². The van der Waals surface area contributed by atoms with Crippen LogP contribution in [0.1, 0.15) is 11.1 Å². The molecule has 0 radical (unpaired) electrons. The summed E-state index contributed by atoms with van der Waals surface area (Å²) < 4.78 is 6.60. The first kappa shape index (κ1) is 16.1. The molecule has 21 heavy (non-hydrogen) atoms. The van der Waals surface area contributed by atoms with E-state index in [0.29, 0.717) is 10.8 Å². The fourth-order valence-corrected chi connectivity index (χ4v) is 2.57. The van der Waals surface area contributed by atoms with E-state index >= 15 is 0 Å². The van der Waals surface area contributed by atoms with Crippen molar-refractivity contribution in [1.82, 2.24) is 0 Å². The number of amides is 1. The van der Waals surface area contributed by atoms with Crippen LogP contribution in [0.2, 0.25) is 5.02 Å². The number of nitrogens with one attached hydrogen (secondary N) is 1. The van der Waals surface area contributed by atoms with Crippen molar-refractivity contribution in [2.45, 2.75) is 13.8 Å². The number of benzene rings is 2. The summed E-state index contributed by atoms with van der Waals surface area (Å²) in [5.41, 5.74) is 2.75. The molecule has 0 unspecified atom stereocenters. The van der Waals surface area contributed by atoms with Crippen molar-refractivity contribution in [1.29, 1.82) is 0 Å². The van der Waals surface area contributed by atoms with E-state index < -0.39 is 0 Å². The lowest BCUT2D eigenvalue weighted by atomic mass is 10.2. The summed E-state index contributed by atoms with van der Waals surface area (Å²) in [5, 5.41) is 3.52.